The number of benzene rings is 2. The number of anilines is 2. The first-order valence-electron chi connectivity index (χ1n) is 6.97. The SMILES string of the molecule is Cc1cc(OCC(=O)Nc2cc(Br)c3nc(N)sc3c2)ccc1Cl. The minimum absolute atomic E-state index is 0.0957. The van der Waals surface area contributed by atoms with Crippen LogP contribution in [0.5, 0.6) is 5.75 Å². The van der Waals surface area contributed by atoms with E-state index in [1.54, 1.807) is 24.3 Å². The molecule has 0 aliphatic heterocycles. The fourth-order valence-corrected chi connectivity index (χ4v) is 3.73. The van der Waals surface area contributed by atoms with Gasteiger partial charge in [0.25, 0.3) is 5.91 Å². The second kappa shape index (κ2) is 6.96. The molecule has 0 spiro atoms. The van der Waals surface area contributed by atoms with Crippen molar-refractivity contribution in [2.24, 2.45) is 0 Å². The highest BCUT2D eigenvalue weighted by atomic mass is 79.9. The van der Waals surface area contributed by atoms with E-state index in [1.807, 2.05) is 13.0 Å². The van der Waals surface area contributed by atoms with Gasteiger partial charge in [-0.15, -0.1) is 0 Å². The highest BCUT2D eigenvalue weighted by Gasteiger charge is 2.10. The molecule has 5 nitrogen and oxygen atoms in total. The molecule has 0 bridgehead atoms. The molecule has 1 heterocycles. The molecule has 0 radical (unpaired) electrons. The molecule has 0 aliphatic carbocycles. The van der Waals surface area contributed by atoms with Crippen LogP contribution < -0.4 is 15.8 Å². The summed E-state index contributed by atoms with van der Waals surface area (Å²) in [4.78, 5) is 16.3. The molecule has 1 aromatic heterocycles. The van der Waals surface area contributed by atoms with Gasteiger partial charge < -0.3 is 15.8 Å². The summed E-state index contributed by atoms with van der Waals surface area (Å²) in [5.41, 5.74) is 8.04. The van der Waals surface area contributed by atoms with Crippen molar-refractivity contribution in [3.05, 3.63) is 45.4 Å². The molecule has 8 heteroatoms. The zero-order chi connectivity index (χ0) is 17.3. The van der Waals surface area contributed by atoms with Gasteiger partial charge in [-0.1, -0.05) is 22.9 Å². The van der Waals surface area contributed by atoms with E-state index in [1.165, 1.54) is 11.3 Å². The van der Waals surface area contributed by atoms with Crippen molar-refractivity contribution in [1.29, 1.82) is 0 Å². The molecule has 2 aromatic carbocycles. The number of thiazole rings is 1. The molecule has 124 valence electrons. The van der Waals surface area contributed by atoms with Crippen LogP contribution in [0.4, 0.5) is 10.8 Å². The summed E-state index contributed by atoms with van der Waals surface area (Å²) in [6.45, 7) is 1.78. The maximum absolute atomic E-state index is 12.1. The second-order valence-corrected chi connectivity index (χ2v) is 7.43. The lowest BCUT2D eigenvalue weighted by molar-refractivity contribution is -0.118. The molecule has 0 saturated carbocycles. The summed E-state index contributed by atoms with van der Waals surface area (Å²) in [6.07, 6.45) is 0. The number of fused-ring (bicyclic) bond motifs is 1. The van der Waals surface area contributed by atoms with Gasteiger partial charge in [-0.3, -0.25) is 4.79 Å². The first-order chi connectivity index (χ1) is 11.4. The van der Waals surface area contributed by atoms with Crippen molar-refractivity contribution in [2.45, 2.75) is 6.92 Å². The Hall–Kier alpha value is -1.83. The van der Waals surface area contributed by atoms with E-state index in [0.717, 1.165) is 20.3 Å². The average molecular weight is 427 g/mol. The molecule has 0 atom stereocenters. The van der Waals surface area contributed by atoms with Crippen LogP contribution in [0.2, 0.25) is 5.02 Å². The number of aromatic nitrogens is 1. The van der Waals surface area contributed by atoms with E-state index >= 15 is 0 Å². The Kier molecular flexibility index (Phi) is 4.93. The van der Waals surface area contributed by atoms with Gasteiger partial charge in [0.15, 0.2) is 11.7 Å². The molecular formula is C16H13BrClN3O2S. The topological polar surface area (TPSA) is 77.2 Å². The number of rotatable bonds is 4. The minimum atomic E-state index is -0.258. The number of hydrogen-bond donors (Lipinski definition) is 2. The number of nitrogen functional groups attached to an aromatic ring is 1. The van der Waals surface area contributed by atoms with E-state index in [0.29, 0.717) is 21.6 Å². The quantitative estimate of drug-likeness (QED) is 0.638. The van der Waals surface area contributed by atoms with Gasteiger partial charge in [0.1, 0.15) is 5.75 Å². The van der Waals surface area contributed by atoms with Gasteiger partial charge in [0.05, 0.1) is 10.2 Å². The monoisotopic (exact) mass is 425 g/mol. The predicted octanol–water partition coefficient (Wildman–Crippen LogP) is 4.62. The number of amides is 1. The Morgan fingerprint density at radius 3 is 2.96 bits per heavy atom. The lowest BCUT2D eigenvalue weighted by Gasteiger charge is -2.09. The molecule has 3 aromatic rings. The number of aryl methyl sites for hydroxylation is 1. The first-order valence-corrected chi connectivity index (χ1v) is 8.95. The van der Waals surface area contributed by atoms with E-state index in [9.17, 15) is 4.79 Å². The summed E-state index contributed by atoms with van der Waals surface area (Å²) >= 11 is 10.8. The molecular weight excluding hydrogens is 414 g/mol. The van der Waals surface area contributed by atoms with Crippen LogP contribution >= 0.6 is 38.9 Å². The third-order valence-electron chi connectivity index (χ3n) is 3.25. The van der Waals surface area contributed by atoms with Gasteiger partial charge in [0.2, 0.25) is 0 Å². The Balaban J connectivity index is 1.67. The first kappa shape index (κ1) is 17.0. The minimum Gasteiger partial charge on any atom is -0.484 e. The largest absolute Gasteiger partial charge is 0.484 e. The Labute approximate surface area is 155 Å². The number of hydrogen-bond acceptors (Lipinski definition) is 5. The zero-order valence-electron chi connectivity index (χ0n) is 12.6. The van der Waals surface area contributed by atoms with E-state index in [4.69, 9.17) is 22.1 Å². The normalized spacial score (nSPS) is 10.8. The number of nitrogens with one attached hydrogen (secondary N) is 1. The lowest BCUT2D eigenvalue weighted by atomic mass is 10.2. The van der Waals surface area contributed by atoms with E-state index < -0.39 is 0 Å². The highest BCUT2D eigenvalue weighted by molar-refractivity contribution is 9.10. The smallest absolute Gasteiger partial charge is 0.262 e. The summed E-state index contributed by atoms with van der Waals surface area (Å²) in [7, 11) is 0. The van der Waals surface area contributed by atoms with Gasteiger partial charge in [-0.05, 0) is 58.7 Å². The third kappa shape index (κ3) is 3.80. The summed E-state index contributed by atoms with van der Waals surface area (Å²) < 4.78 is 7.16. The Morgan fingerprint density at radius 1 is 1.42 bits per heavy atom. The predicted molar refractivity (Wildman–Crippen MR) is 102 cm³/mol. The van der Waals surface area contributed by atoms with Crippen LogP contribution in [-0.4, -0.2) is 17.5 Å². The fourth-order valence-electron chi connectivity index (χ4n) is 2.13. The number of nitrogens with zero attached hydrogens (tertiary/aromatic N) is 1. The van der Waals surface area contributed by atoms with Gasteiger partial charge in [-0.25, -0.2) is 4.98 Å². The van der Waals surface area contributed by atoms with Crippen molar-refractivity contribution in [3.63, 3.8) is 0 Å². The molecule has 3 rings (SSSR count). The third-order valence-corrected chi connectivity index (χ3v) is 5.11. The number of ether oxygens (including phenoxy) is 1. The van der Waals surface area contributed by atoms with Crippen molar-refractivity contribution >= 4 is 65.8 Å². The van der Waals surface area contributed by atoms with Crippen LogP contribution in [0.25, 0.3) is 10.2 Å². The van der Waals surface area contributed by atoms with Crippen LogP contribution in [0, 0.1) is 6.92 Å². The molecule has 1 amide bonds. The maximum Gasteiger partial charge on any atom is 0.262 e. The van der Waals surface area contributed by atoms with Gasteiger partial charge in [0, 0.05) is 15.2 Å². The molecule has 0 fully saturated rings. The van der Waals surface area contributed by atoms with E-state index in [-0.39, 0.29) is 12.5 Å². The van der Waals surface area contributed by atoms with Gasteiger partial charge in [-0.2, -0.15) is 0 Å². The molecule has 3 N–H and O–H groups in total. The van der Waals surface area contributed by atoms with Crippen molar-refractivity contribution in [3.8, 4) is 5.75 Å². The van der Waals surface area contributed by atoms with Crippen molar-refractivity contribution in [2.75, 3.05) is 17.7 Å². The van der Waals surface area contributed by atoms with E-state index in [2.05, 4.69) is 26.2 Å². The maximum atomic E-state index is 12.1. The second-order valence-electron chi connectivity index (χ2n) is 5.10. The van der Waals surface area contributed by atoms with Gasteiger partial charge >= 0.3 is 0 Å². The summed E-state index contributed by atoms with van der Waals surface area (Å²) in [5.74, 6) is 0.338. The zero-order valence-corrected chi connectivity index (χ0v) is 15.8. The molecule has 0 unspecified atom stereocenters. The van der Waals surface area contributed by atoms with Crippen molar-refractivity contribution in [1.82, 2.24) is 4.98 Å². The number of carbonyl (C=O) groups is 1. The van der Waals surface area contributed by atoms with Crippen LogP contribution in [0.1, 0.15) is 5.56 Å². The van der Waals surface area contributed by atoms with Crippen molar-refractivity contribution < 1.29 is 9.53 Å². The standard InChI is InChI=1S/C16H13BrClN3O2S/c1-8-4-10(2-3-12(8)18)23-7-14(22)20-9-5-11(17)15-13(6-9)24-16(19)21-15/h2-6H,7H2,1H3,(H2,19,21)(H,20,22). The molecule has 24 heavy (non-hydrogen) atoms. The lowest BCUT2D eigenvalue weighted by Crippen LogP contribution is -2.20. The number of halogens is 2. The summed E-state index contributed by atoms with van der Waals surface area (Å²) in [6, 6.07) is 8.87. The number of carbonyl (C=O) groups excluding carboxylic acids is 1. The van der Waals surface area contributed by atoms with Crippen LogP contribution in [-0.2, 0) is 4.79 Å². The fraction of sp³-hybridized carbons (Fsp3) is 0.125. The van der Waals surface area contributed by atoms with Crippen LogP contribution in [0.15, 0.2) is 34.8 Å². The molecule has 0 aliphatic rings. The summed E-state index contributed by atoms with van der Waals surface area (Å²) in [5, 5.41) is 3.94. The molecule has 0 saturated heterocycles. The average Bonchev–Trinajstić information content (AvgIpc) is 2.89. The Morgan fingerprint density at radius 2 is 2.21 bits per heavy atom. The Bertz CT molecular complexity index is 929. The number of nitrogens with two attached hydrogens (primary N) is 1. The highest BCUT2D eigenvalue weighted by Crippen LogP contribution is 2.32. The van der Waals surface area contributed by atoms with Crippen LogP contribution in [0.3, 0.4) is 0 Å².